The Labute approximate surface area is 85.8 Å². The first-order valence-electron chi connectivity index (χ1n) is 5.46. The molecule has 1 aliphatic rings. The highest BCUT2D eigenvalue weighted by Crippen LogP contribution is 2.35. The van der Waals surface area contributed by atoms with Crippen molar-refractivity contribution < 1.29 is 5.11 Å². The normalized spacial score (nSPS) is 20.6. The molecule has 0 radical (unpaired) electrons. The van der Waals surface area contributed by atoms with Crippen molar-refractivity contribution in [3.8, 4) is 0 Å². The van der Waals surface area contributed by atoms with Crippen LogP contribution >= 0.6 is 0 Å². The molecule has 14 heavy (non-hydrogen) atoms. The van der Waals surface area contributed by atoms with E-state index in [0.717, 1.165) is 5.56 Å². The summed E-state index contributed by atoms with van der Waals surface area (Å²) in [7, 11) is 0. The maximum absolute atomic E-state index is 9.30. The van der Waals surface area contributed by atoms with Gasteiger partial charge in [0.15, 0.2) is 0 Å². The molecule has 1 nitrogen and oxygen atoms in total. The third-order valence-electron chi connectivity index (χ3n) is 3.41. The molecule has 1 unspecified atom stereocenters. The van der Waals surface area contributed by atoms with Gasteiger partial charge in [0.05, 0.1) is 6.61 Å². The molecule has 1 heteroatoms. The summed E-state index contributed by atoms with van der Waals surface area (Å²) < 4.78 is 0. The molecule has 0 saturated carbocycles. The predicted octanol–water partition coefficient (Wildman–Crippen LogP) is 2.93. The lowest BCUT2D eigenvalue weighted by molar-refractivity contribution is 0.279. The van der Waals surface area contributed by atoms with Crippen LogP contribution in [-0.4, -0.2) is 5.11 Å². The van der Waals surface area contributed by atoms with Crippen LogP contribution in [0.3, 0.4) is 0 Å². The summed E-state index contributed by atoms with van der Waals surface area (Å²) in [5.41, 5.74) is 5.45. The van der Waals surface area contributed by atoms with Crippen LogP contribution in [0.2, 0.25) is 0 Å². The molecule has 1 aromatic rings. The number of benzene rings is 1. The van der Waals surface area contributed by atoms with Gasteiger partial charge in [-0.1, -0.05) is 19.1 Å². The van der Waals surface area contributed by atoms with Gasteiger partial charge in [-0.05, 0) is 54.4 Å². The van der Waals surface area contributed by atoms with E-state index >= 15 is 0 Å². The molecular formula is C13H18O. The molecule has 0 aliphatic heterocycles. The quantitative estimate of drug-likeness (QED) is 0.722. The van der Waals surface area contributed by atoms with Crippen LogP contribution in [0.25, 0.3) is 0 Å². The standard InChI is InChI=1S/C13H18O/c1-9-6-7-11(8-14)13-10(2)4-3-5-12(9)13/h6-7,10,14H,3-5,8H2,1-2H3. The van der Waals surface area contributed by atoms with Crippen molar-refractivity contribution in [1.82, 2.24) is 0 Å². The molecule has 0 heterocycles. The summed E-state index contributed by atoms with van der Waals surface area (Å²) in [5, 5.41) is 9.30. The monoisotopic (exact) mass is 190 g/mol. The van der Waals surface area contributed by atoms with Gasteiger partial charge in [0.1, 0.15) is 0 Å². The summed E-state index contributed by atoms with van der Waals surface area (Å²) in [6.07, 6.45) is 3.76. The number of rotatable bonds is 1. The fraction of sp³-hybridized carbons (Fsp3) is 0.538. The van der Waals surface area contributed by atoms with Gasteiger partial charge in [-0.15, -0.1) is 0 Å². The fourth-order valence-corrected chi connectivity index (χ4v) is 2.64. The molecule has 0 spiro atoms. The summed E-state index contributed by atoms with van der Waals surface area (Å²) in [5.74, 6) is 0.626. The average molecular weight is 190 g/mol. The number of aryl methyl sites for hydroxylation is 1. The highest BCUT2D eigenvalue weighted by Gasteiger charge is 2.20. The molecular weight excluding hydrogens is 172 g/mol. The minimum Gasteiger partial charge on any atom is -0.392 e. The number of aliphatic hydroxyl groups is 1. The first-order chi connectivity index (χ1) is 6.74. The number of hydrogen-bond acceptors (Lipinski definition) is 1. The number of fused-ring (bicyclic) bond motifs is 1. The molecule has 2 rings (SSSR count). The average Bonchev–Trinajstić information content (AvgIpc) is 2.20. The fourth-order valence-electron chi connectivity index (χ4n) is 2.64. The summed E-state index contributed by atoms with van der Waals surface area (Å²) in [4.78, 5) is 0. The van der Waals surface area contributed by atoms with Crippen LogP contribution in [-0.2, 0) is 13.0 Å². The molecule has 0 bridgehead atoms. The van der Waals surface area contributed by atoms with Gasteiger partial charge in [-0.3, -0.25) is 0 Å². The van der Waals surface area contributed by atoms with E-state index in [0.29, 0.717) is 5.92 Å². The Morgan fingerprint density at radius 3 is 2.93 bits per heavy atom. The first kappa shape index (κ1) is 9.72. The Morgan fingerprint density at radius 1 is 1.43 bits per heavy atom. The molecule has 1 aromatic carbocycles. The van der Waals surface area contributed by atoms with Gasteiger partial charge < -0.3 is 5.11 Å². The van der Waals surface area contributed by atoms with Crippen LogP contribution in [0.4, 0.5) is 0 Å². The third-order valence-corrected chi connectivity index (χ3v) is 3.41. The predicted molar refractivity (Wildman–Crippen MR) is 58.5 cm³/mol. The maximum Gasteiger partial charge on any atom is 0.0684 e. The molecule has 0 fully saturated rings. The second kappa shape index (κ2) is 3.74. The lowest BCUT2D eigenvalue weighted by atomic mass is 9.79. The second-order valence-corrected chi connectivity index (χ2v) is 4.39. The van der Waals surface area contributed by atoms with E-state index < -0.39 is 0 Å². The highest BCUT2D eigenvalue weighted by atomic mass is 16.3. The van der Waals surface area contributed by atoms with Crippen molar-refractivity contribution in [1.29, 1.82) is 0 Å². The van der Waals surface area contributed by atoms with Crippen LogP contribution < -0.4 is 0 Å². The largest absolute Gasteiger partial charge is 0.392 e. The number of hydrogen-bond donors (Lipinski definition) is 1. The van der Waals surface area contributed by atoms with Crippen molar-refractivity contribution in [3.05, 3.63) is 34.4 Å². The summed E-state index contributed by atoms with van der Waals surface area (Å²) in [6, 6.07) is 4.22. The van der Waals surface area contributed by atoms with Gasteiger partial charge in [-0.25, -0.2) is 0 Å². The molecule has 1 atom stereocenters. The van der Waals surface area contributed by atoms with Gasteiger partial charge in [0, 0.05) is 0 Å². The van der Waals surface area contributed by atoms with Gasteiger partial charge >= 0.3 is 0 Å². The third kappa shape index (κ3) is 1.46. The SMILES string of the molecule is Cc1ccc(CO)c2c1CCCC2C. The van der Waals surface area contributed by atoms with Crippen LogP contribution in [0.1, 0.15) is 47.9 Å². The van der Waals surface area contributed by atoms with Crippen LogP contribution in [0, 0.1) is 6.92 Å². The maximum atomic E-state index is 9.30. The minimum absolute atomic E-state index is 0.187. The minimum atomic E-state index is 0.187. The molecule has 1 aliphatic carbocycles. The van der Waals surface area contributed by atoms with Crippen molar-refractivity contribution in [2.45, 2.75) is 45.6 Å². The Balaban J connectivity index is 2.58. The highest BCUT2D eigenvalue weighted by molar-refractivity contribution is 5.43. The van der Waals surface area contributed by atoms with E-state index in [9.17, 15) is 5.11 Å². The van der Waals surface area contributed by atoms with E-state index in [1.165, 1.54) is 36.0 Å². The molecule has 0 amide bonds. The van der Waals surface area contributed by atoms with Crippen molar-refractivity contribution in [2.24, 2.45) is 0 Å². The molecule has 0 aromatic heterocycles. The lowest BCUT2D eigenvalue weighted by Gasteiger charge is -2.26. The zero-order chi connectivity index (χ0) is 10.1. The molecule has 76 valence electrons. The Hall–Kier alpha value is -0.820. The van der Waals surface area contributed by atoms with Gasteiger partial charge in [0.25, 0.3) is 0 Å². The van der Waals surface area contributed by atoms with E-state index in [4.69, 9.17) is 0 Å². The van der Waals surface area contributed by atoms with Crippen molar-refractivity contribution in [2.75, 3.05) is 0 Å². The first-order valence-corrected chi connectivity index (χ1v) is 5.46. The van der Waals surface area contributed by atoms with E-state index in [2.05, 4.69) is 26.0 Å². The lowest BCUT2D eigenvalue weighted by Crippen LogP contribution is -2.12. The van der Waals surface area contributed by atoms with E-state index in [1.54, 1.807) is 0 Å². The Morgan fingerprint density at radius 2 is 2.21 bits per heavy atom. The van der Waals surface area contributed by atoms with Gasteiger partial charge in [0.2, 0.25) is 0 Å². The van der Waals surface area contributed by atoms with Crippen LogP contribution in [0.5, 0.6) is 0 Å². The van der Waals surface area contributed by atoms with Gasteiger partial charge in [-0.2, -0.15) is 0 Å². The second-order valence-electron chi connectivity index (χ2n) is 4.39. The summed E-state index contributed by atoms with van der Waals surface area (Å²) in [6.45, 7) is 4.64. The Kier molecular flexibility index (Phi) is 2.60. The summed E-state index contributed by atoms with van der Waals surface area (Å²) >= 11 is 0. The van der Waals surface area contributed by atoms with Crippen molar-refractivity contribution in [3.63, 3.8) is 0 Å². The molecule has 1 N–H and O–H groups in total. The van der Waals surface area contributed by atoms with Crippen LogP contribution in [0.15, 0.2) is 12.1 Å². The zero-order valence-electron chi connectivity index (χ0n) is 9.01. The van der Waals surface area contributed by atoms with Crippen molar-refractivity contribution >= 4 is 0 Å². The smallest absolute Gasteiger partial charge is 0.0684 e. The van der Waals surface area contributed by atoms with E-state index in [-0.39, 0.29) is 6.61 Å². The van der Waals surface area contributed by atoms with E-state index in [1.807, 2.05) is 0 Å². The molecule has 0 saturated heterocycles. The number of aliphatic hydroxyl groups excluding tert-OH is 1. The zero-order valence-corrected chi connectivity index (χ0v) is 9.01. The topological polar surface area (TPSA) is 20.2 Å². The Bertz CT molecular complexity index is 341.